The fraction of sp³-hybridized carbons (Fsp3) is 0.300. The van der Waals surface area contributed by atoms with Crippen LogP contribution >= 0.6 is 0 Å². The number of carbonyl (C=O) groups is 3. The lowest BCUT2D eigenvalue weighted by molar-refractivity contribution is -0.133. The van der Waals surface area contributed by atoms with E-state index in [0.29, 0.717) is 24.3 Å². The van der Waals surface area contributed by atoms with Crippen LogP contribution in [0.15, 0.2) is 42.6 Å². The molecule has 0 saturated carbocycles. The van der Waals surface area contributed by atoms with E-state index in [1.807, 2.05) is 13.0 Å². The van der Waals surface area contributed by atoms with Gasteiger partial charge in [0, 0.05) is 31.8 Å². The lowest BCUT2D eigenvalue weighted by atomic mass is 10.2. The van der Waals surface area contributed by atoms with Crippen LogP contribution in [0.3, 0.4) is 0 Å². The molecule has 2 N–H and O–H groups in total. The molecule has 1 aromatic carbocycles. The highest BCUT2D eigenvalue weighted by atomic mass is 19.1. The minimum Gasteiger partial charge on any atom is -0.352 e. The minimum atomic E-state index is -0.410. The van der Waals surface area contributed by atoms with Crippen molar-refractivity contribution in [3.05, 3.63) is 59.5 Å². The zero-order chi connectivity index (χ0) is 20.5. The van der Waals surface area contributed by atoms with Gasteiger partial charge in [0.25, 0.3) is 5.91 Å². The fourth-order valence-corrected chi connectivity index (χ4v) is 2.43. The zero-order valence-corrected chi connectivity index (χ0v) is 15.9. The number of carbonyl (C=O) groups excluding carboxylic acids is 3. The smallest absolute Gasteiger partial charge is 0.251 e. The van der Waals surface area contributed by atoms with Gasteiger partial charge < -0.3 is 15.5 Å². The lowest BCUT2D eigenvalue weighted by Gasteiger charge is -2.16. The van der Waals surface area contributed by atoms with Crippen LogP contribution in [-0.2, 0) is 9.59 Å². The molecule has 3 amide bonds. The van der Waals surface area contributed by atoms with Gasteiger partial charge in [0.1, 0.15) is 11.6 Å². The number of nitrogens with zero attached hydrogens (tertiary/aromatic N) is 2. The molecule has 28 heavy (non-hydrogen) atoms. The van der Waals surface area contributed by atoms with Gasteiger partial charge in [-0.3, -0.25) is 14.4 Å². The first-order valence-electron chi connectivity index (χ1n) is 8.85. The highest BCUT2D eigenvalue weighted by Gasteiger charge is 2.13. The van der Waals surface area contributed by atoms with Crippen LogP contribution in [0.2, 0.25) is 0 Å². The Morgan fingerprint density at radius 1 is 1.14 bits per heavy atom. The summed E-state index contributed by atoms with van der Waals surface area (Å²) >= 11 is 0. The molecule has 0 radical (unpaired) electrons. The van der Waals surface area contributed by atoms with Gasteiger partial charge in [0.05, 0.1) is 6.54 Å². The van der Waals surface area contributed by atoms with Crippen LogP contribution < -0.4 is 10.6 Å². The summed E-state index contributed by atoms with van der Waals surface area (Å²) < 4.78 is 12.8. The van der Waals surface area contributed by atoms with Crippen molar-refractivity contribution in [2.45, 2.75) is 19.8 Å². The van der Waals surface area contributed by atoms with Crippen molar-refractivity contribution in [2.75, 3.05) is 25.5 Å². The maximum absolute atomic E-state index is 12.8. The first kappa shape index (κ1) is 21.0. The zero-order valence-electron chi connectivity index (χ0n) is 15.9. The van der Waals surface area contributed by atoms with Crippen molar-refractivity contribution in [1.82, 2.24) is 15.2 Å². The number of pyridine rings is 1. The Labute approximate surface area is 163 Å². The SMILES string of the molecule is Cc1ccnc(NC(=O)CN(C)C(=O)CCCNC(=O)c2ccc(F)cc2)c1. The number of hydrogen-bond acceptors (Lipinski definition) is 4. The van der Waals surface area contributed by atoms with E-state index >= 15 is 0 Å². The van der Waals surface area contributed by atoms with Crippen LogP contribution in [0.25, 0.3) is 0 Å². The van der Waals surface area contributed by atoms with Crippen LogP contribution in [0.5, 0.6) is 0 Å². The van der Waals surface area contributed by atoms with E-state index in [9.17, 15) is 18.8 Å². The molecular weight excluding hydrogens is 363 g/mol. The number of rotatable bonds is 8. The molecule has 1 aromatic heterocycles. The number of benzene rings is 1. The summed E-state index contributed by atoms with van der Waals surface area (Å²) in [5.41, 5.74) is 1.32. The monoisotopic (exact) mass is 386 g/mol. The summed E-state index contributed by atoms with van der Waals surface area (Å²) in [7, 11) is 1.54. The second-order valence-corrected chi connectivity index (χ2v) is 6.38. The Morgan fingerprint density at radius 2 is 1.86 bits per heavy atom. The highest BCUT2D eigenvalue weighted by molar-refractivity contribution is 5.94. The molecule has 0 aliphatic carbocycles. The molecule has 7 nitrogen and oxygen atoms in total. The van der Waals surface area contributed by atoms with Crippen molar-refractivity contribution in [3.8, 4) is 0 Å². The first-order valence-corrected chi connectivity index (χ1v) is 8.85. The van der Waals surface area contributed by atoms with Crippen molar-refractivity contribution < 1.29 is 18.8 Å². The van der Waals surface area contributed by atoms with Gasteiger partial charge in [-0.1, -0.05) is 0 Å². The molecule has 0 fully saturated rings. The van der Waals surface area contributed by atoms with Gasteiger partial charge >= 0.3 is 0 Å². The molecule has 0 aliphatic heterocycles. The molecule has 148 valence electrons. The van der Waals surface area contributed by atoms with Crippen LogP contribution in [0.4, 0.5) is 10.2 Å². The molecule has 0 unspecified atom stereocenters. The predicted octanol–water partition coefficient (Wildman–Crippen LogP) is 2.14. The maximum atomic E-state index is 12.8. The lowest BCUT2D eigenvalue weighted by Crippen LogP contribution is -2.35. The van der Waals surface area contributed by atoms with E-state index in [1.165, 1.54) is 29.2 Å². The van der Waals surface area contributed by atoms with Crippen molar-refractivity contribution >= 4 is 23.5 Å². The van der Waals surface area contributed by atoms with E-state index in [0.717, 1.165) is 5.56 Å². The molecule has 0 atom stereocenters. The Balaban J connectivity index is 1.68. The standard InChI is InChI=1S/C20H23FN4O3/c1-14-9-11-22-17(12-14)24-18(26)13-25(2)19(27)4-3-10-23-20(28)15-5-7-16(21)8-6-15/h5-9,11-12H,3-4,10,13H2,1-2H3,(H,23,28)(H,22,24,26). The Hall–Kier alpha value is -3.29. The number of aromatic nitrogens is 1. The number of aryl methyl sites for hydroxylation is 1. The highest BCUT2D eigenvalue weighted by Crippen LogP contribution is 2.06. The minimum absolute atomic E-state index is 0.0869. The third-order valence-electron chi connectivity index (χ3n) is 3.95. The number of halogens is 1. The maximum Gasteiger partial charge on any atom is 0.251 e. The number of anilines is 1. The summed E-state index contributed by atoms with van der Waals surface area (Å²) in [5.74, 6) is -0.838. The third-order valence-corrected chi connectivity index (χ3v) is 3.95. The van der Waals surface area contributed by atoms with Gasteiger partial charge in [0.2, 0.25) is 11.8 Å². The van der Waals surface area contributed by atoms with Crippen LogP contribution in [0, 0.1) is 12.7 Å². The average molecular weight is 386 g/mol. The molecule has 2 rings (SSSR count). The van der Waals surface area contributed by atoms with E-state index in [1.54, 1.807) is 19.3 Å². The van der Waals surface area contributed by atoms with Gasteiger partial charge in [-0.25, -0.2) is 9.37 Å². The average Bonchev–Trinajstić information content (AvgIpc) is 2.65. The molecule has 0 aliphatic rings. The Morgan fingerprint density at radius 3 is 2.54 bits per heavy atom. The second-order valence-electron chi connectivity index (χ2n) is 6.38. The van der Waals surface area contributed by atoms with Gasteiger partial charge in [-0.2, -0.15) is 0 Å². The summed E-state index contributed by atoms with van der Waals surface area (Å²) in [6, 6.07) is 8.77. The summed E-state index contributed by atoms with van der Waals surface area (Å²) in [4.78, 5) is 41.4. The fourth-order valence-electron chi connectivity index (χ4n) is 2.43. The number of hydrogen-bond donors (Lipinski definition) is 2. The third kappa shape index (κ3) is 6.79. The largest absolute Gasteiger partial charge is 0.352 e. The molecule has 8 heteroatoms. The predicted molar refractivity (Wildman–Crippen MR) is 103 cm³/mol. The Kier molecular flexibility index (Phi) is 7.62. The summed E-state index contributed by atoms with van der Waals surface area (Å²) in [6.45, 7) is 2.10. The molecule has 1 heterocycles. The van der Waals surface area contributed by atoms with Crippen molar-refractivity contribution in [2.24, 2.45) is 0 Å². The van der Waals surface area contributed by atoms with Crippen LogP contribution in [-0.4, -0.2) is 47.7 Å². The van der Waals surface area contributed by atoms with Crippen LogP contribution in [0.1, 0.15) is 28.8 Å². The summed E-state index contributed by atoms with van der Waals surface area (Å²) in [6.07, 6.45) is 2.22. The molecular formula is C20H23FN4O3. The summed E-state index contributed by atoms with van der Waals surface area (Å²) in [5, 5.41) is 5.32. The topological polar surface area (TPSA) is 91.4 Å². The van der Waals surface area contributed by atoms with E-state index in [2.05, 4.69) is 15.6 Å². The van der Waals surface area contributed by atoms with E-state index in [-0.39, 0.29) is 30.7 Å². The second kappa shape index (κ2) is 10.1. The number of amides is 3. The molecule has 0 spiro atoms. The van der Waals surface area contributed by atoms with Gasteiger partial charge in [-0.15, -0.1) is 0 Å². The number of nitrogens with one attached hydrogen (secondary N) is 2. The van der Waals surface area contributed by atoms with E-state index in [4.69, 9.17) is 0 Å². The Bertz CT molecular complexity index is 840. The molecule has 0 saturated heterocycles. The molecule has 2 aromatic rings. The number of likely N-dealkylation sites (N-methyl/N-ethyl adjacent to an activating group) is 1. The normalized spacial score (nSPS) is 10.2. The van der Waals surface area contributed by atoms with Crippen molar-refractivity contribution in [1.29, 1.82) is 0 Å². The molecule has 0 bridgehead atoms. The van der Waals surface area contributed by atoms with Gasteiger partial charge in [0.15, 0.2) is 0 Å². The van der Waals surface area contributed by atoms with Gasteiger partial charge in [-0.05, 0) is 55.3 Å². The quantitative estimate of drug-likeness (QED) is 0.680. The van der Waals surface area contributed by atoms with E-state index < -0.39 is 5.82 Å². The first-order chi connectivity index (χ1) is 13.3. The van der Waals surface area contributed by atoms with Crippen molar-refractivity contribution in [3.63, 3.8) is 0 Å².